The molecule has 128 valence electrons. The molecule has 0 unspecified atom stereocenters. The normalized spacial score (nSPS) is 25.0. The lowest BCUT2D eigenvalue weighted by Gasteiger charge is -2.31. The number of para-hydroxylation sites is 1. The Morgan fingerprint density at radius 3 is 2.40 bits per heavy atom. The summed E-state index contributed by atoms with van der Waals surface area (Å²) in [5.74, 6) is 0. The van der Waals surface area contributed by atoms with Gasteiger partial charge in [0.2, 0.25) is 0 Å². The molecule has 2 aromatic rings. The van der Waals surface area contributed by atoms with Gasteiger partial charge in [0.15, 0.2) is 16.4 Å². The van der Waals surface area contributed by atoms with E-state index in [4.69, 9.17) is 47.6 Å². The van der Waals surface area contributed by atoms with Crippen molar-refractivity contribution in [3.05, 3.63) is 64.1 Å². The van der Waals surface area contributed by atoms with Crippen molar-refractivity contribution < 1.29 is 0 Å². The van der Waals surface area contributed by atoms with E-state index in [1.807, 2.05) is 52.5 Å². The number of nitrogens with one attached hydrogen (secondary N) is 2. The summed E-state index contributed by atoms with van der Waals surface area (Å²) in [5, 5.41) is 12.9. The molecule has 2 atom stereocenters. The van der Waals surface area contributed by atoms with Gasteiger partial charge < -0.3 is 10.6 Å². The summed E-state index contributed by atoms with van der Waals surface area (Å²) >= 11 is 23.5. The largest absolute Gasteiger partial charge is 0.348 e. The zero-order valence-corrected chi connectivity index (χ0v) is 16.3. The molecule has 2 aromatic carbocycles. The van der Waals surface area contributed by atoms with Crippen molar-refractivity contribution in [2.24, 2.45) is 0 Å². The summed E-state index contributed by atoms with van der Waals surface area (Å²) in [6, 6.07) is 15.5. The maximum Gasteiger partial charge on any atom is 0.194 e. The Labute approximate surface area is 166 Å². The van der Waals surface area contributed by atoms with Crippen LogP contribution in [0.1, 0.15) is 12.5 Å². The lowest BCUT2D eigenvalue weighted by Crippen LogP contribution is -2.49. The fraction of sp³-hybridized carbons (Fsp3) is 0.176. The molecule has 2 N–H and O–H groups in total. The number of benzene rings is 2. The van der Waals surface area contributed by atoms with Crippen LogP contribution in [0.5, 0.6) is 0 Å². The monoisotopic (exact) mass is 408 g/mol. The molecular formula is C17H14Cl2N4S2. The van der Waals surface area contributed by atoms with Crippen LogP contribution in [0, 0.1) is 0 Å². The Morgan fingerprint density at radius 1 is 1.00 bits per heavy atom. The molecule has 0 saturated carbocycles. The quantitative estimate of drug-likeness (QED) is 0.729. The fourth-order valence-corrected chi connectivity index (χ4v) is 4.26. The Balaban J connectivity index is 1.77. The number of rotatable bonds is 2. The molecule has 25 heavy (non-hydrogen) atoms. The van der Waals surface area contributed by atoms with E-state index in [2.05, 4.69) is 17.6 Å². The average Bonchev–Trinajstić information content (AvgIpc) is 3.06. The molecule has 0 spiro atoms. The number of thiocarbonyl (C=S) groups is 2. The standard InChI is InChI=1S/C17H14Cl2N4S2/c1-17(10-7-8-12(18)13(19)9-10)14-20-15(24)22(23(14)16(25)21-17)11-5-3-2-4-6-11/h2-9,14H,1H3,(H,20,24)(H,21,25)/t14-,17-/m0/s1. The lowest BCUT2D eigenvalue weighted by molar-refractivity contribution is 0.264. The number of nitrogens with zero attached hydrogens (tertiary/aromatic N) is 2. The first kappa shape index (κ1) is 16.8. The predicted molar refractivity (Wildman–Crippen MR) is 110 cm³/mol. The molecule has 2 aliphatic rings. The van der Waals surface area contributed by atoms with E-state index in [0.29, 0.717) is 20.3 Å². The number of halogens is 2. The van der Waals surface area contributed by atoms with Crippen molar-refractivity contribution >= 4 is 63.5 Å². The zero-order chi connectivity index (χ0) is 17.8. The first-order valence-electron chi connectivity index (χ1n) is 7.64. The van der Waals surface area contributed by atoms with E-state index in [1.54, 1.807) is 6.07 Å². The molecule has 2 saturated heterocycles. The minimum absolute atomic E-state index is 0.176. The first-order valence-corrected chi connectivity index (χ1v) is 9.21. The predicted octanol–water partition coefficient (Wildman–Crippen LogP) is 4.03. The van der Waals surface area contributed by atoms with Gasteiger partial charge in [-0.1, -0.05) is 47.5 Å². The van der Waals surface area contributed by atoms with Crippen LogP contribution in [0.15, 0.2) is 48.5 Å². The van der Waals surface area contributed by atoms with Gasteiger partial charge >= 0.3 is 0 Å². The highest BCUT2D eigenvalue weighted by Crippen LogP contribution is 2.39. The molecule has 8 heteroatoms. The average molecular weight is 409 g/mol. The number of fused-ring (bicyclic) bond motifs is 1. The smallest absolute Gasteiger partial charge is 0.194 e. The number of hydrogen-bond acceptors (Lipinski definition) is 2. The fourth-order valence-electron chi connectivity index (χ4n) is 3.26. The third-order valence-corrected chi connectivity index (χ3v) is 5.87. The molecule has 2 heterocycles. The van der Waals surface area contributed by atoms with E-state index < -0.39 is 5.54 Å². The maximum absolute atomic E-state index is 6.22. The second-order valence-corrected chi connectivity index (χ2v) is 7.69. The topological polar surface area (TPSA) is 30.5 Å². The van der Waals surface area contributed by atoms with Crippen molar-refractivity contribution in [3.8, 4) is 0 Å². The van der Waals surface area contributed by atoms with Gasteiger partial charge in [0.1, 0.15) is 5.54 Å². The SMILES string of the molecule is C[C@@]1(c2ccc(Cl)c(Cl)c2)NC(=S)N2[C@@H]1NC(=S)N2c1ccccc1. The van der Waals surface area contributed by atoms with Crippen molar-refractivity contribution in [3.63, 3.8) is 0 Å². The number of hydrogen-bond donors (Lipinski definition) is 2. The van der Waals surface area contributed by atoms with E-state index in [-0.39, 0.29) is 6.17 Å². The van der Waals surface area contributed by atoms with Gasteiger partial charge in [-0.3, -0.25) is 0 Å². The molecule has 4 rings (SSSR count). The van der Waals surface area contributed by atoms with Gasteiger partial charge in [-0.25, -0.2) is 10.0 Å². The van der Waals surface area contributed by atoms with Crippen LogP contribution in [-0.2, 0) is 5.54 Å². The Morgan fingerprint density at radius 2 is 1.72 bits per heavy atom. The summed E-state index contributed by atoms with van der Waals surface area (Å²) in [6.45, 7) is 2.06. The van der Waals surface area contributed by atoms with Crippen LogP contribution >= 0.6 is 47.6 Å². The molecule has 0 amide bonds. The third-order valence-electron chi connectivity index (χ3n) is 4.55. The van der Waals surface area contributed by atoms with E-state index >= 15 is 0 Å². The molecule has 2 fully saturated rings. The summed E-state index contributed by atoms with van der Waals surface area (Å²) in [7, 11) is 0. The van der Waals surface area contributed by atoms with Crippen LogP contribution in [-0.4, -0.2) is 21.4 Å². The summed E-state index contributed by atoms with van der Waals surface area (Å²) < 4.78 is 0. The molecule has 0 aliphatic carbocycles. The number of anilines is 1. The molecule has 4 nitrogen and oxygen atoms in total. The maximum atomic E-state index is 6.22. The Hall–Kier alpha value is -1.60. The van der Waals surface area contributed by atoms with Crippen molar-refractivity contribution in [1.29, 1.82) is 0 Å². The van der Waals surface area contributed by atoms with Crippen LogP contribution in [0.3, 0.4) is 0 Å². The Kier molecular flexibility index (Phi) is 4.03. The van der Waals surface area contributed by atoms with Crippen LogP contribution < -0.4 is 15.6 Å². The lowest BCUT2D eigenvalue weighted by atomic mass is 9.90. The summed E-state index contributed by atoms with van der Waals surface area (Å²) in [6.07, 6.45) is -0.176. The minimum Gasteiger partial charge on any atom is -0.348 e. The second kappa shape index (κ2) is 5.99. The van der Waals surface area contributed by atoms with Crippen molar-refractivity contribution in [2.75, 3.05) is 5.01 Å². The zero-order valence-electron chi connectivity index (χ0n) is 13.2. The van der Waals surface area contributed by atoms with E-state index in [1.165, 1.54) is 0 Å². The minimum atomic E-state index is -0.515. The van der Waals surface area contributed by atoms with E-state index in [9.17, 15) is 0 Å². The van der Waals surface area contributed by atoms with Crippen molar-refractivity contribution in [1.82, 2.24) is 15.6 Å². The Bertz CT molecular complexity index is 876. The van der Waals surface area contributed by atoms with Crippen molar-refractivity contribution in [2.45, 2.75) is 18.6 Å². The van der Waals surface area contributed by atoms with E-state index in [0.717, 1.165) is 11.3 Å². The molecular weight excluding hydrogens is 395 g/mol. The van der Waals surface area contributed by atoms with Gasteiger partial charge in [-0.05, 0) is 61.2 Å². The van der Waals surface area contributed by atoms with Crippen LogP contribution in [0.4, 0.5) is 5.69 Å². The van der Waals surface area contributed by atoms with Gasteiger partial charge in [0, 0.05) is 0 Å². The van der Waals surface area contributed by atoms with Gasteiger partial charge in [-0.2, -0.15) is 0 Å². The van der Waals surface area contributed by atoms with Gasteiger partial charge in [0.25, 0.3) is 0 Å². The first-order chi connectivity index (χ1) is 11.9. The summed E-state index contributed by atoms with van der Waals surface area (Å²) in [4.78, 5) is 0. The molecule has 0 radical (unpaired) electrons. The highest BCUT2D eigenvalue weighted by atomic mass is 35.5. The second-order valence-electron chi connectivity index (χ2n) is 6.11. The molecule has 2 aliphatic heterocycles. The third kappa shape index (κ3) is 2.56. The molecule has 0 bridgehead atoms. The highest BCUT2D eigenvalue weighted by Gasteiger charge is 2.55. The molecule has 0 aromatic heterocycles. The van der Waals surface area contributed by atoms with Crippen LogP contribution in [0.2, 0.25) is 10.0 Å². The van der Waals surface area contributed by atoms with Gasteiger partial charge in [0.05, 0.1) is 15.7 Å². The summed E-state index contributed by atoms with van der Waals surface area (Å²) in [5.41, 5.74) is 1.41. The van der Waals surface area contributed by atoms with Crippen LogP contribution in [0.25, 0.3) is 0 Å². The van der Waals surface area contributed by atoms with Gasteiger partial charge in [-0.15, -0.1) is 0 Å². The highest BCUT2D eigenvalue weighted by molar-refractivity contribution is 7.81. The number of hydrazine groups is 1.